The molecule has 40 heavy (non-hydrogen) atoms. The molecule has 0 saturated carbocycles. The Bertz CT molecular complexity index is 1480. The lowest BCUT2D eigenvalue weighted by Crippen LogP contribution is -2.49. The number of benzene rings is 1. The van der Waals surface area contributed by atoms with E-state index in [1.165, 1.54) is 11.0 Å². The highest BCUT2D eigenvalue weighted by Crippen LogP contribution is 2.36. The highest BCUT2D eigenvalue weighted by atomic mass is 35.5. The molecule has 2 N–H and O–H groups in total. The van der Waals surface area contributed by atoms with Crippen LogP contribution < -0.4 is 16.2 Å². The van der Waals surface area contributed by atoms with Gasteiger partial charge in [-0.15, -0.1) is 0 Å². The second-order valence-corrected chi connectivity index (χ2v) is 11.0. The maximum atomic E-state index is 14.0. The SMILES string of the molecule is CNC(=O)C1=CCC(C)(n2c(NC(C)C)nc3c(c2=O)C[C@@H](C)N(C(=O)c2ccc(Cl)c(C(F)(F)F)c2)C3)C=C1. The zero-order valence-corrected chi connectivity index (χ0v) is 23.6. The first kappa shape index (κ1) is 29.4. The van der Waals surface area contributed by atoms with Gasteiger partial charge in [0.25, 0.3) is 17.4 Å². The minimum absolute atomic E-state index is 0.0462. The molecule has 0 fully saturated rings. The third kappa shape index (κ3) is 5.52. The summed E-state index contributed by atoms with van der Waals surface area (Å²) >= 11 is 5.74. The molecular weight excluding hydrogens is 547 g/mol. The van der Waals surface area contributed by atoms with Gasteiger partial charge in [0.15, 0.2) is 0 Å². The number of anilines is 1. The fourth-order valence-corrected chi connectivity index (χ4v) is 5.23. The van der Waals surface area contributed by atoms with E-state index in [0.29, 0.717) is 29.2 Å². The average molecular weight is 578 g/mol. The second kappa shape index (κ2) is 10.8. The first-order chi connectivity index (χ1) is 18.7. The number of alkyl halides is 3. The van der Waals surface area contributed by atoms with Gasteiger partial charge in [-0.3, -0.25) is 19.0 Å². The Morgan fingerprint density at radius 1 is 1.25 bits per heavy atom. The standard InChI is InChI=1S/C28H31ClF3N5O3/c1-15(2)34-26-35-22-14-36(24(39)18-6-7-21(29)20(13-18)28(30,31)32)16(3)12-19(22)25(40)37(26)27(4)10-8-17(9-11-27)23(38)33-5/h6-10,13,15-16H,11-12,14H2,1-5H3,(H,33,38)(H,34,35)/t16-,27?/m1/s1. The summed E-state index contributed by atoms with van der Waals surface area (Å²) in [5.74, 6) is -0.537. The highest BCUT2D eigenvalue weighted by Gasteiger charge is 2.38. The predicted molar refractivity (Wildman–Crippen MR) is 146 cm³/mol. The van der Waals surface area contributed by atoms with Gasteiger partial charge < -0.3 is 15.5 Å². The van der Waals surface area contributed by atoms with Crippen molar-refractivity contribution in [2.24, 2.45) is 0 Å². The van der Waals surface area contributed by atoms with E-state index in [4.69, 9.17) is 16.6 Å². The lowest BCUT2D eigenvalue weighted by atomic mass is 9.89. The number of hydrogen-bond donors (Lipinski definition) is 2. The number of nitrogens with zero attached hydrogens (tertiary/aromatic N) is 3. The number of likely N-dealkylation sites (N-methyl/N-ethyl adjacent to an activating group) is 1. The average Bonchev–Trinajstić information content (AvgIpc) is 2.87. The van der Waals surface area contributed by atoms with Crippen LogP contribution >= 0.6 is 11.6 Å². The Labute approximate surface area is 234 Å². The normalized spacial score (nSPS) is 20.7. The molecule has 2 aliphatic rings. The number of allylic oxidation sites excluding steroid dienone is 2. The van der Waals surface area contributed by atoms with Gasteiger partial charge in [-0.1, -0.05) is 29.8 Å². The topological polar surface area (TPSA) is 96.3 Å². The van der Waals surface area contributed by atoms with Gasteiger partial charge in [-0.25, -0.2) is 4.98 Å². The molecule has 0 spiro atoms. The minimum Gasteiger partial charge on any atom is -0.355 e. The van der Waals surface area contributed by atoms with Crippen LogP contribution in [-0.4, -0.2) is 45.4 Å². The summed E-state index contributed by atoms with van der Waals surface area (Å²) in [5.41, 5.74) is -1.02. The Hall–Kier alpha value is -3.60. The van der Waals surface area contributed by atoms with Crippen LogP contribution in [0.3, 0.4) is 0 Å². The van der Waals surface area contributed by atoms with E-state index in [9.17, 15) is 27.6 Å². The molecule has 214 valence electrons. The number of aromatic nitrogens is 2. The number of hydrogen-bond acceptors (Lipinski definition) is 5. The Kier molecular flexibility index (Phi) is 7.90. The number of carbonyl (C=O) groups is 2. The summed E-state index contributed by atoms with van der Waals surface area (Å²) in [6.07, 6.45) is 1.09. The van der Waals surface area contributed by atoms with Crippen molar-refractivity contribution < 1.29 is 22.8 Å². The predicted octanol–water partition coefficient (Wildman–Crippen LogP) is 4.67. The fourth-order valence-electron chi connectivity index (χ4n) is 5.00. The van der Waals surface area contributed by atoms with Gasteiger partial charge in [-0.2, -0.15) is 13.2 Å². The zero-order chi connectivity index (χ0) is 29.6. The van der Waals surface area contributed by atoms with E-state index in [1.807, 2.05) is 20.8 Å². The molecule has 0 radical (unpaired) electrons. The lowest BCUT2D eigenvalue weighted by molar-refractivity contribution is -0.137. The lowest BCUT2D eigenvalue weighted by Gasteiger charge is -2.37. The van der Waals surface area contributed by atoms with Gasteiger partial charge >= 0.3 is 6.18 Å². The van der Waals surface area contributed by atoms with Crippen molar-refractivity contribution in [2.75, 3.05) is 12.4 Å². The molecule has 4 rings (SSSR count). The van der Waals surface area contributed by atoms with Crippen molar-refractivity contribution in [1.82, 2.24) is 19.8 Å². The number of amides is 2. The zero-order valence-electron chi connectivity index (χ0n) is 22.8. The monoisotopic (exact) mass is 577 g/mol. The number of halogens is 4. The number of rotatable bonds is 5. The van der Waals surface area contributed by atoms with Crippen LogP contribution in [0, 0.1) is 0 Å². The second-order valence-electron chi connectivity index (χ2n) is 10.6. The summed E-state index contributed by atoms with van der Waals surface area (Å²) in [4.78, 5) is 45.6. The molecule has 1 aliphatic heterocycles. The van der Waals surface area contributed by atoms with Crippen molar-refractivity contribution in [3.05, 3.63) is 79.8 Å². The van der Waals surface area contributed by atoms with E-state index < -0.39 is 34.3 Å². The molecule has 1 aromatic carbocycles. The van der Waals surface area contributed by atoms with Crippen LogP contribution in [0.2, 0.25) is 5.02 Å². The summed E-state index contributed by atoms with van der Waals surface area (Å²) in [6.45, 7) is 7.37. The molecule has 1 aromatic heterocycles. The quantitative estimate of drug-likeness (QED) is 0.538. The summed E-state index contributed by atoms with van der Waals surface area (Å²) in [6, 6.07) is 2.51. The summed E-state index contributed by atoms with van der Waals surface area (Å²) in [5, 5.41) is 5.32. The van der Waals surface area contributed by atoms with Crippen LogP contribution in [0.5, 0.6) is 0 Å². The third-order valence-corrected chi connectivity index (χ3v) is 7.50. The number of fused-ring (bicyclic) bond motifs is 1. The maximum Gasteiger partial charge on any atom is 0.417 e. The third-order valence-electron chi connectivity index (χ3n) is 7.17. The molecule has 2 amide bonds. The number of carbonyl (C=O) groups excluding carboxylic acids is 2. The highest BCUT2D eigenvalue weighted by molar-refractivity contribution is 6.31. The van der Waals surface area contributed by atoms with Crippen LogP contribution in [0.4, 0.5) is 19.1 Å². The van der Waals surface area contributed by atoms with Crippen LogP contribution in [0.1, 0.15) is 61.3 Å². The number of nitrogens with one attached hydrogen (secondary N) is 2. The molecule has 2 heterocycles. The van der Waals surface area contributed by atoms with E-state index in [0.717, 1.165) is 12.1 Å². The molecule has 1 aliphatic carbocycles. The van der Waals surface area contributed by atoms with Crippen LogP contribution in [0.15, 0.2) is 46.8 Å². The summed E-state index contributed by atoms with van der Waals surface area (Å²) < 4.78 is 41.8. The van der Waals surface area contributed by atoms with Gasteiger partial charge in [0.1, 0.15) is 0 Å². The van der Waals surface area contributed by atoms with Gasteiger partial charge in [-0.05, 0) is 58.7 Å². The smallest absolute Gasteiger partial charge is 0.355 e. The Balaban J connectivity index is 1.74. The largest absolute Gasteiger partial charge is 0.417 e. The first-order valence-corrected chi connectivity index (χ1v) is 13.2. The fraction of sp³-hybridized carbons (Fsp3) is 0.429. The molecule has 1 unspecified atom stereocenters. The van der Waals surface area contributed by atoms with E-state index in [1.54, 1.807) is 36.8 Å². The van der Waals surface area contributed by atoms with Crippen LogP contribution in [-0.2, 0) is 29.5 Å². The van der Waals surface area contributed by atoms with Gasteiger partial charge in [0, 0.05) is 35.8 Å². The molecule has 8 nitrogen and oxygen atoms in total. The molecule has 12 heteroatoms. The molecular formula is C28H31ClF3N5O3. The van der Waals surface area contributed by atoms with Crippen molar-refractivity contribution in [3.8, 4) is 0 Å². The molecule has 0 saturated heterocycles. The van der Waals surface area contributed by atoms with E-state index >= 15 is 0 Å². The van der Waals surface area contributed by atoms with Gasteiger partial charge in [0.2, 0.25) is 5.95 Å². The Morgan fingerprint density at radius 3 is 2.52 bits per heavy atom. The van der Waals surface area contributed by atoms with E-state index in [-0.39, 0.29) is 36.0 Å². The Morgan fingerprint density at radius 2 is 1.95 bits per heavy atom. The maximum absolute atomic E-state index is 14.0. The van der Waals surface area contributed by atoms with E-state index in [2.05, 4.69) is 10.6 Å². The van der Waals surface area contributed by atoms with Crippen molar-refractivity contribution >= 4 is 29.4 Å². The van der Waals surface area contributed by atoms with Crippen LogP contribution in [0.25, 0.3) is 0 Å². The van der Waals surface area contributed by atoms with Gasteiger partial charge in [0.05, 0.1) is 28.4 Å². The molecule has 0 bridgehead atoms. The van der Waals surface area contributed by atoms with Crippen molar-refractivity contribution in [1.29, 1.82) is 0 Å². The molecule has 2 aromatic rings. The van der Waals surface area contributed by atoms with Crippen molar-refractivity contribution in [2.45, 2.75) is 70.9 Å². The summed E-state index contributed by atoms with van der Waals surface area (Å²) in [7, 11) is 1.55. The first-order valence-electron chi connectivity index (χ1n) is 12.9. The van der Waals surface area contributed by atoms with Crippen molar-refractivity contribution in [3.63, 3.8) is 0 Å². The molecule has 2 atom stereocenters. The minimum atomic E-state index is -4.71.